The van der Waals surface area contributed by atoms with Gasteiger partial charge in [-0.25, -0.2) is 0 Å². The normalized spacial score (nSPS) is 26.1. The van der Waals surface area contributed by atoms with Crippen LogP contribution in [0.15, 0.2) is 35.5 Å². The molecule has 0 saturated heterocycles. The summed E-state index contributed by atoms with van der Waals surface area (Å²) in [4.78, 5) is 0. The summed E-state index contributed by atoms with van der Waals surface area (Å²) in [5, 5.41) is 0. The van der Waals surface area contributed by atoms with Crippen LogP contribution in [0.2, 0.25) is 0 Å². The van der Waals surface area contributed by atoms with Gasteiger partial charge in [-0.05, 0) is 42.9 Å². The van der Waals surface area contributed by atoms with Gasteiger partial charge in [-0.2, -0.15) is 0 Å². The summed E-state index contributed by atoms with van der Waals surface area (Å²) in [7, 11) is 1.71. The molecular weight excluding hydrogens is 172 g/mol. The Labute approximate surface area is 85.5 Å². The van der Waals surface area contributed by atoms with E-state index in [9.17, 15) is 0 Å². The SMILES string of the molecule is C[O+]=C1C=CC(=C2CCCC2C)C=C1. The first kappa shape index (κ1) is 9.45. The minimum Gasteiger partial charge on any atom is -0.258 e. The Bertz CT molecular complexity index is 324. The van der Waals surface area contributed by atoms with Gasteiger partial charge >= 0.3 is 5.78 Å². The second kappa shape index (κ2) is 3.95. The molecule has 14 heavy (non-hydrogen) atoms. The van der Waals surface area contributed by atoms with Crippen LogP contribution in [0.4, 0.5) is 0 Å². The van der Waals surface area contributed by atoms with Crippen LogP contribution < -0.4 is 0 Å². The van der Waals surface area contributed by atoms with Crippen molar-refractivity contribution in [2.24, 2.45) is 5.92 Å². The molecule has 0 spiro atoms. The first-order valence-electron chi connectivity index (χ1n) is 5.31. The van der Waals surface area contributed by atoms with E-state index in [1.165, 1.54) is 24.8 Å². The lowest BCUT2D eigenvalue weighted by Gasteiger charge is -2.08. The van der Waals surface area contributed by atoms with E-state index in [-0.39, 0.29) is 0 Å². The second-order valence-corrected chi connectivity index (χ2v) is 4.05. The maximum Gasteiger partial charge on any atom is 0.343 e. The van der Waals surface area contributed by atoms with Crippen LogP contribution in [0.3, 0.4) is 0 Å². The van der Waals surface area contributed by atoms with Crippen LogP contribution in [-0.2, 0) is 4.42 Å². The summed E-state index contributed by atoms with van der Waals surface area (Å²) in [6, 6.07) is 0. The molecule has 0 radical (unpaired) electrons. The molecule has 2 aliphatic carbocycles. The Morgan fingerprint density at radius 1 is 1.21 bits per heavy atom. The number of carbonyl (C=O) groups excluding carboxylic acids is 1. The summed E-state index contributed by atoms with van der Waals surface area (Å²) in [6.07, 6.45) is 12.4. The molecule has 0 aromatic carbocycles. The van der Waals surface area contributed by atoms with Crippen molar-refractivity contribution in [3.05, 3.63) is 35.5 Å². The minimum atomic E-state index is 0.767. The van der Waals surface area contributed by atoms with Gasteiger partial charge in [0.15, 0.2) is 0 Å². The van der Waals surface area contributed by atoms with Gasteiger partial charge in [-0.15, -0.1) is 0 Å². The predicted molar refractivity (Wildman–Crippen MR) is 59.3 cm³/mol. The molecule has 1 unspecified atom stereocenters. The molecule has 1 atom stereocenters. The van der Waals surface area contributed by atoms with E-state index in [2.05, 4.69) is 19.1 Å². The van der Waals surface area contributed by atoms with Crippen LogP contribution in [-0.4, -0.2) is 12.9 Å². The molecule has 1 nitrogen and oxygen atoms in total. The standard InChI is InChI=1S/C13H17O/c1-10-4-3-5-13(10)11-6-8-12(14-2)9-7-11/h6-10H,3-5H2,1-2H3/q+1. The average Bonchev–Trinajstić information content (AvgIpc) is 2.65. The molecule has 0 N–H and O–H groups in total. The zero-order chi connectivity index (χ0) is 9.97. The summed E-state index contributed by atoms with van der Waals surface area (Å²) in [5.74, 6) is 1.71. The fourth-order valence-corrected chi connectivity index (χ4v) is 2.25. The van der Waals surface area contributed by atoms with Crippen LogP contribution in [0.25, 0.3) is 0 Å². The van der Waals surface area contributed by atoms with Crippen molar-refractivity contribution >= 4 is 5.78 Å². The highest BCUT2D eigenvalue weighted by atomic mass is 16.4. The molecule has 0 heterocycles. The lowest BCUT2D eigenvalue weighted by molar-refractivity contribution is -0.417. The van der Waals surface area contributed by atoms with E-state index in [1.807, 2.05) is 12.2 Å². The molecule has 0 aromatic heterocycles. The third-order valence-electron chi connectivity index (χ3n) is 3.14. The van der Waals surface area contributed by atoms with Gasteiger partial charge in [0.25, 0.3) is 7.11 Å². The van der Waals surface area contributed by atoms with Crippen molar-refractivity contribution in [3.63, 3.8) is 0 Å². The maximum atomic E-state index is 5.15. The number of ketones is 1. The van der Waals surface area contributed by atoms with Gasteiger partial charge in [0.1, 0.15) is 0 Å². The molecule has 2 rings (SSSR count). The molecule has 1 fully saturated rings. The molecular formula is C13H17O+. The summed E-state index contributed by atoms with van der Waals surface area (Å²) in [5.41, 5.74) is 3.02. The van der Waals surface area contributed by atoms with Gasteiger partial charge in [0, 0.05) is 12.2 Å². The third-order valence-corrected chi connectivity index (χ3v) is 3.14. The van der Waals surface area contributed by atoms with Gasteiger partial charge in [0.2, 0.25) is 0 Å². The lowest BCUT2D eigenvalue weighted by Crippen LogP contribution is -1.99. The van der Waals surface area contributed by atoms with E-state index >= 15 is 0 Å². The first-order chi connectivity index (χ1) is 6.81. The fraction of sp³-hybridized carbons (Fsp3) is 0.462. The van der Waals surface area contributed by atoms with E-state index < -0.39 is 0 Å². The van der Waals surface area contributed by atoms with Gasteiger partial charge in [-0.1, -0.05) is 12.5 Å². The topological polar surface area (TPSA) is 11.3 Å². The van der Waals surface area contributed by atoms with Crippen molar-refractivity contribution < 1.29 is 4.42 Å². The molecule has 0 bridgehead atoms. The van der Waals surface area contributed by atoms with Crippen LogP contribution in [0.5, 0.6) is 0 Å². The summed E-state index contributed by atoms with van der Waals surface area (Å²) in [6.45, 7) is 2.33. The second-order valence-electron chi connectivity index (χ2n) is 4.05. The number of hydrogen-bond donors (Lipinski definition) is 0. The Morgan fingerprint density at radius 3 is 2.43 bits per heavy atom. The zero-order valence-corrected chi connectivity index (χ0v) is 8.92. The monoisotopic (exact) mass is 189 g/mol. The Morgan fingerprint density at radius 2 is 1.93 bits per heavy atom. The summed E-state index contributed by atoms with van der Waals surface area (Å²) < 4.78 is 5.15. The highest BCUT2D eigenvalue weighted by molar-refractivity contribution is 6.01. The largest absolute Gasteiger partial charge is 0.343 e. The third kappa shape index (κ3) is 1.72. The lowest BCUT2D eigenvalue weighted by atomic mass is 9.96. The first-order valence-corrected chi connectivity index (χ1v) is 5.31. The quantitative estimate of drug-likeness (QED) is 0.519. The van der Waals surface area contributed by atoms with E-state index in [0.717, 1.165) is 11.7 Å². The Hall–Kier alpha value is -1.11. The highest BCUT2D eigenvalue weighted by Gasteiger charge is 2.19. The number of allylic oxidation sites excluding steroid dienone is 6. The average molecular weight is 189 g/mol. The van der Waals surface area contributed by atoms with E-state index in [1.54, 1.807) is 12.7 Å². The molecule has 74 valence electrons. The molecule has 1 saturated carbocycles. The van der Waals surface area contributed by atoms with Crippen LogP contribution >= 0.6 is 0 Å². The smallest absolute Gasteiger partial charge is 0.258 e. The fourth-order valence-electron chi connectivity index (χ4n) is 2.25. The molecule has 0 aliphatic heterocycles. The van der Waals surface area contributed by atoms with E-state index in [4.69, 9.17) is 4.42 Å². The summed E-state index contributed by atoms with van der Waals surface area (Å²) >= 11 is 0. The number of rotatable bonds is 0. The molecule has 0 aromatic rings. The molecule has 1 heteroatoms. The van der Waals surface area contributed by atoms with Crippen molar-refractivity contribution in [2.45, 2.75) is 26.2 Å². The minimum absolute atomic E-state index is 0.767. The highest BCUT2D eigenvalue weighted by Crippen LogP contribution is 2.34. The van der Waals surface area contributed by atoms with Crippen molar-refractivity contribution in [1.82, 2.24) is 0 Å². The van der Waals surface area contributed by atoms with E-state index in [0.29, 0.717) is 0 Å². The van der Waals surface area contributed by atoms with Crippen LogP contribution in [0.1, 0.15) is 26.2 Å². The van der Waals surface area contributed by atoms with Crippen molar-refractivity contribution in [3.8, 4) is 0 Å². The number of hydrogen-bond acceptors (Lipinski definition) is 0. The Kier molecular flexibility index (Phi) is 2.67. The van der Waals surface area contributed by atoms with Crippen molar-refractivity contribution in [2.75, 3.05) is 7.11 Å². The predicted octanol–water partition coefficient (Wildman–Crippen LogP) is 2.96. The van der Waals surface area contributed by atoms with Crippen LogP contribution in [0, 0.1) is 5.92 Å². The molecule has 0 amide bonds. The van der Waals surface area contributed by atoms with Gasteiger partial charge in [0.05, 0.1) is 0 Å². The van der Waals surface area contributed by atoms with Crippen molar-refractivity contribution in [1.29, 1.82) is 0 Å². The molecule has 2 aliphatic rings. The maximum absolute atomic E-state index is 5.15. The van der Waals surface area contributed by atoms with Gasteiger partial charge in [-0.3, -0.25) is 4.42 Å². The van der Waals surface area contributed by atoms with Gasteiger partial charge < -0.3 is 0 Å². The Balaban J connectivity index is 2.26. The zero-order valence-electron chi connectivity index (χ0n) is 8.92.